The Labute approximate surface area is 197 Å². The molecule has 2 heterocycles. The molecule has 170 valence electrons. The first kappa shape index (κ1) is 21.5. The number of esters is 1. The van der Waals surface area contributed by atoms with Gasteiger partial charge in [-0.25, -0.2) is 14.8 Å². The Kier molecular flexibility index (Phi) is 5.82. The van der Waals surface area contributed by atoms with E-state index in [1.807, 2.05) is 36.4 Å². The van der Waals surface area contributed by atoms with Crippen LogP contribution < -0.4 is 10.9 Å². The summed E-state index contributed by atoms with van der Waals surface area (Å²) in [5, 5.41) is 1.76. The highest BCUT2D eigenvalue weighted by Gasteiger charge is 2.16. The minimum Gasteiger partial charge on any atom is -0.465 e. The maximum Gasteiger partial charge on any atom is 0.337 e. The van der Waals surface area contributed by atoms with Crippen molar-refractivity contribution in [3.63, 3.8) is 0 Å². The molecule has 0 saturated heterocycles. The fourth-order valence-corrected chi connectivity index (χ4v) is 3.99. The Bertz CT molecular complexity index is 1460. The van der Waals surface area contributed by atoms with E-state index in [-0.39, 0.29) is 5.97 Å². The van der Waals surface area contributed by atoms with Crippen LogP contribution in [0.15, 0.2) is 72.8 Å². The van der Waals surface area contributed by atoms with E-state index in [1.54, 1.807) is 12.1 Å². The molecule has 0 saturated carbocycles. The van der Waals surface area contributed by atoms with Gasteiger partial charge in [0.05, 0.1) is 23.7 Å². The van der Waals surface area contributed by atoms with Crippen molar-refractivity contribution in [3.8, 4) is 0 Å². The molecule has 0 aliphatic carbocycles. The smallest absolute Gasteiger partial charge is 0.337 e. The molecule has 0 unspecified atom stereocenters. The number of carbonyl (C=O) groups excluding carboxylic acids is 1. The highest BCUT2D eigenvalue weighted by atomic mass is 16.5. The summed E-state index contributed by atoms with van der Waals surface area (Å²) < 4.78 is 4.87. The lowest BCUT2D eigenvalue weighted by Crippen LogP contribution is -2.12. The van der Waals surface area contributed by atoms with E-state index >= 15 is 0 Å². The van der Waals surface area contributed by atoms with Gasteiger partial charge in [0.2, 0.25) is 0 Å². The van der Waals surface area contributed by atoms with Crippen LogP contribution in [0.3, 0.4) is 0 Å². The summed E-state index contributed by atoms with van der Waals surface area (Å²) >= 11 is 0. The zero-order valence-corrected chi connectivity index (χ0v) is 19.1. The predicted molar refractivity (Wildman–Crippen MR) is 135 cm³/mol. The van der Waals surface area contributed by atoms with Crippen LogP contribution in [0.25, 0.3) is 21.9 Å². The summed E-state index contributed by atoms with van der Waals surface area (Å²) in [4.78, 5) is 25.0. The summed E-state index contributed by atoms with van der Waals surface area (Å²) in [6, 6.07) is 23.8. The number of fused-ring (bicyclic) bond motifs is 3. The highest BCUT2D eigenvalue weighted by Crippen LogP contribution is 2.31. The Balaban J connectivity index is 1.57. The molecule has 5 aromatic rings. The summed E-state index contributed by atoms with van der Waals surface area (Å²) in [6.07, 6.45) is 1.59. The molecular formula is C27H25N5O2. The molecule has 0 bridgehead atoms. The molecule has 0 fully saturated rings. The first-order chi connectivity index (χ1) is 16.6. The van der Waals surface area contributed by atoms with Crippen molar-refractivity contribution in [2.45, 2.75) is 19.8 Å². The van der Waals surface area contributed by atoms with Gasteiger partial charge in [0.1, 0.15) is 11.5 Å². The number of hydrogen-bond donors (Lipinski definition) is 3. The molecule has 0 aliphatic rings. The number of nitrogens with one attached hydrogen (secondary N) is 3. The van der Waals surface area contributed by atoms with Crippen molar-refractivity contribution in [3.05, 3.63) is 95.3 Å². The van der Waals surface area contributed by atoms with Crippen molar-refractivity contribution < 1.29 is 9.53 Å². The maximum absolute atomic E-state index is 12.0. The number of benzene rings is 3. The number of carbonyl (C=O) groups is 1. The van der Waals surface area contributed by atoms with Crippen molar-refractivity contribution in [1.29, 1.82) is 0 Å². The number of hydrazine groups is 1. The van der Waals surface area contributed by atoms with Gasteiger partial charge in [0.15, 0.2) is 5.82 Å². The van der Waals surface area contributed by atoms with Gasteiger partial charge in [0.25, 0.3) is 0 Å². The van der Waals surface area contributed by atoms with Crippen molar-refractivity contribution in [2.24, 2.45) is 0 Å². The molecular weight excluding hydrogens is 426 g/mol. The second-order valence-electron chi connectivity index (χ2n) is 8.05. The number of anilines is 2. The zero-order chi connectivity index (χ0) is 23.5. The van der Waals surface area contributed by atoms with Crippen LogP contribution >= 0.6 is 0 Å². The lowest BCUT2D eigenvalue weighted by atomic mass is 10.1. The molecule has 34 heavy (non-hydrogen) atoms. The number of rotatable bonds is 7. The summed E-state index contributed by atoms with van der Waals surface area (Å²) in [6.45, 7) is 2.13. The van der Waals surface area contributed by atoms with Gasteiger partial charge >= 0.3 is 5.97 Å². The van der Waals surface area contributed by atoms with Crippen LogP contribution in [-0.4, -0.2) is 28.0 Å². The molecule has 0 radical (unpaired) electrons. The molecule has 2 aromatic heterocycles. The second kappa shape index (κ2) is 9.23. The van der Waals surface area contributed by atoms with Crippen LogP contribution in [0.1, 0.15) is 34.2 Å². The van der Waals surface area contributed by atoms with Gasteiger partial charge in [-0.2, -0.15) is 0 Å². The van der Waals surface area contributed by atoms with Gasteiger partial charge in [-0.1, -0.05) is 55.5 Å². The summed E-state index contributed by atoms with van der Waals surface area (Å²) in [7, 11) is 1.37. The minimum absolute atomic E-state index is 0.382. The van der Waals surface area contributed by atoms with E-state index in [9.17, 15) is 4.79 Å². The van der Waals surface area contributed by atoms with Gasteiger partial charge in [-0.3, -0.25) is 10.9 Å². The van der Waals surface area contributed by atoms with Crippen molar-refractivity contribution >= 4 is 39.4 Å². The van der Waals surface area contributed by atoms with E-state index in [0.717, 1.165) is 34.0 Å². The third kappa shape index (κ3) is 4.28. The fraction of sp³-hybridized carbons (Fsp3) is 0.148. The molecule has 0 amide bonds. The molecule has 5 rings (SSSR count). The molecule has 3 N–H and O–H groups in total. The Hall–Kier alpha value is -4.39. The molecule has 7 heteroatoms. The fourth-order valence-electron chi connectivity index (χ4n) is 3.99. The first-order valence-corrected chi connectivity index (χ1v) is 11.2. The second-order valence-corrected chi connectivity index (χ2v) is 8.05. The number of aryl methyl sites for hydroxylation is 1. The predicted octanol–water partition coefficient (Wildman–Crippen LogP) is 5.49. The monoisotopic (exact) mass is 451 g/mol. The number of aromatic amines is 1. The average molecular weight is 452 g/mol. The van der Waals surface area contributed by atoms with Crippen molar-refractivity contribution in [1.82, 2.24) is 15.0 Å². The van der Waals surface area contributed by atoms with E-state index in [4.69, 9.17) is 14.7 Å². The number of aromatic nitrogens is 3. The lowest BCUT2D eigenvalue weighted by Gasteiger charge is -2.12. The van der Waals surface area contributed by atoms with Crippen LogP contribution in [0.4, 0.5) is 11.5 Å². The van der Waals surface area contributed by atoms with E-state index in [1.165, 1.54) is 12.7 Å². The van der Waals surface area contributed by atoms with Crippen LogP contribution in [0.2, 0.25) is 0 Å². The average Bonchev–Trinajstić information content (AvgIpc) is 3.25. The molecule has 0 aliphatic heterocycles. The normalized spacial score (nSPS) is 11.0. The number of nitrogens with zero attached hydrogens (tertiary/aromatic N) is 2. The number of ether oxygens (including phenoxy) is 1. The van der Waals surface area contributed by atoms with Crippen LogP contribution in [0.5, 0.6) is 0 Å². The largest absolute Gasteiger partial charge is 0.465 e. The molecule has 0 spiro atoms. The topological polar surface area (TPSA) is 91.9 Å². The Morgan fingerprint density at radius 2 is 1.74 bits per heavy atom. The first-order valence-electron chi connectivity index (χ1n) is 11.2. The van der Waals surface area contributed by atoms with E-state index in [0.29, 0.717) is 29.3 Å². The Morgan fingerprint density at radius 3 is 2.47 bits per heavy atom. The molecule has 7 nitrogen and oxygen atoms in total. The van der Waals surface area contributed by atoms with Crippen LogP contribution in [0, 0.1) is 0 Å². The van der Waals surface area contributed by atoms with Gasteiger partial charge in [-0.15, -0.1) is 0 Å². The Morgan fingerprint density at radius 1 is 0.941 bits per heavy atom. The maximum atomic E-state index is 12.0. The van der Waals surface area contributed by atoms with Gasteiger partial charge < -0.3 is 9.72 Å². The van der Waals surface area contributed by atoms with Gasteiger partial charge in [0, 0.05) is 17.3 Å². The summed E-state index contributed by atoms with van der Waals surface area (Å²) in [5.74, 6) is 0.962. The zero-order valence-electron chi connectivity index (χ0n) is 19.1. The third-order valence-electron chi connectivity index (χ3n) is 5.81. The van der Waals surface area contributed by atoms with Crippen molar-refractivity contribution in [2.75, 3.05) is 18.0 Å². The molecule has 3 aromatic carbocycles. The number of methoxy groups -OCH3 is 1. The highest BCUT2D eigenvalue weighted by molar-refractivity contribution is 6.12. The third-order valence-corrected chi connectivity index (χ3v) is 5.81. The van der Waals surface area contributed by atoms with Crippen LogP contribution in [-0.2, 0) is 17.6 Å². The molecule has 0 atom stereocenters. The van der Waals surface area contributed by atoms with E-state index in [2.05, 4.69) is 47.0 Å². The number of H-pyrrole nitrogens is 1. The SMILES string of the molecule is CCc1ccc(NNc2nc(Cc3ccccc3)nc3[nH]c4cc(C(=O)OC)ccc4c23)cc1. The summed E-state index contributed by atoms with van der Waals surface area (Å²) in [5.41, 5.74) is 11.8. The number of hydrogen-bond acceptors (Lipinski definition) is 6. The standard InChI is InChI=1S/C27H25N5O2/c1-3-17-9-12-20(13-10-17)31-32-26-24-21-14-11-19(27(33)34-2)16-22(21)28-25(24)29-23(30-26)15-18-7-5-4-6-8-18/h4-14,16,31H,3,15H2,1-2H3,(H2,28,29,30,32). The minimum atomic E-state index is -0.382. The lowest BCUT2D eigenvalue weighted by molar-refractivity contribution is 0.0601. The van der Waals surface area contributed by atoms with Gasteiger partial charge in [-0.05, 0) is 41.8 Å². The quantitative estimate of drug-likeness (QED) is 0.224. The van der Waals surface area contributed by atoms with E-state index < -0.39 is 0 Å².